The largest absolute Gasteiger partial charge is 0.462 e. The maximum Gasteiger partial charge on any atom is 0.312 e. The fourth-order valence-electron chi connectivity index (χ4n) is 7.85. The van der Waals surface area contributed by atoms with E-state index in [1.165, 1.54) is 5.57 Å². The van der Waals surface area contributed by atoms with E-state index in [9.17, 15) is 15.0 Å². The van der Waals surface area contributed by atoms with Crippen LogP contribution in [0.1, 0.15) is 86.5 Å². The van der Waals surface area contributed by atoms with Crippen molar-refractivity contribution < 1.29 is 34.0 Å². The molecule has 0 aromatic heterocycles. The SMILES string of the molecule is C/C1=C\C[C@@H]2C[C@@H](CC3(CC[C@H](C)[C@@H](C(C)C)O3)O2)OC(=O)[C@@H]2C[C@H](C)[C@H](O)[C@H]3OC/C(=C\C=C\[C@H](C)C1)[C@]32O. The van der Waals surface area contributed by atoms with Crippen LogP contribution in [0.3, 0.4) is 0 Å². The van der Waals surface area contributed by atoms with Gasteiger partial charge in [0.15, 0.2) is 5.79 Å². The van der Waals surface area contributed by atoms with Crippen LogP contribution in [0.25, 0.3) is 0 Å². The third-order valence-corrected chi connectivity index (χ3v) is 10.1. The van der Waals surface area contributed by atoms with E-state index in [0.29, 0.717) is 42.6 Å². The molecule has 0 radical (unpaired) electrons. The maximum absolute atomic E-state index is 14.0. The highest BCUT2D eigenvalue weighted by atomic mass is 16.7. The van der Waals surface area contributed by atoms with Crippen LogP contribution in [0.5, 0.6) is 0 Å². The van der Waals surface area contributed by atoms with E-state index in [0.717, 1.165) is 25.7 Å². The van der Waals surface area contributed by atoms with E-state index in [1.807, 2.05) is 19.1 Å². The number of aliphatic hydroxyl groups is 2. The van der Waals surface area contributed by atoms with Crippen molar-refractivity contribution in [3.8, 4) is 0 Å². The summed E-state index contributed by atoms with van der Waals surface area (Å²) in [5, 5.41) is 23.1. The molecule has 3 saturated heterocycles. The fraction of sp³-hybridized carbons (Fsp3) is 0.788. The third-order valence-electron chi connectivity index (χ3n) is 10.1. The molecule has 1 unspecified atom stereocenters. The molecule has 7 nitrogen and oxygen atoms in total. The molecule has 1 aliphatic carbocycles. The first kappa shape index (κ1) is 30.0. The zero-order chi connectivity index (χ0) is 28.8. The second kappa shape index (κ2) is 11.6. The van der Waals surface area contributed by atoms with Crippen molar-refractivity contribution in [2.45, 2.75) is 128 Å². The number of allylic oxidation sites excluding steroid dienone is 4. The molecule has 0 aromatic rings. The molecule has 4 fully saturated rings. The van der Waals surface area contributed by atoms with E-state index in [2.05, 4.69) is 46.8 Å². The fourth-order valence-corrected chi connectivity index (χ4v) is 7.85. The van der Waals surface area contributed by atoms with Gasteiger partial charge in [-0.3, -0.25) is 4.79 Å². The molecular weight excluding hydrogens is 508 g/mol. The van der Waals surface area contributed by atoms with Crippen LogP contribution in [-0.2, 0) is 23.7 Å². The number of hydrogen-bond donors (Lipinski definition) is 2. The lowest BCUT2D eigenvalue weighted by Crippen LogP contribution is -2.61. The first-order valence-electron chi connectivity index (χ1n) is 15.5. The molecule has 224 valence electrons. The van der Waals surface area contributed by atoms with Crippen LogP contribution < -0.4 is 0 Å². The Morgan fingerprint density at radius 3 is 2.60 bits per heavy atom. The topological polar surface area (TPSA) is 94.5 Å². The summed E-state index contributed by atoms with van der Waals surface area (Å²) in [5.41, 5.74) is 0.309. The summed E-state index contributed by atoms with van der Waals surface area (Å²) < 4.78 is 25.8. The van der Waals surface area contributed by atoms with Crippen molar-refractivity contribution >= 4 is 5.97 Å². The Morgan fingerprint density at radius 2 is 1.85 bits per heavy atom. The van der Waals surface area contributed by atoms with Crippen molar-refractivity contribution in [1.82, 2.24) is 0 Å². The van der Waals surface area contributed by atoms with Gasteiger partial charge in [-0.15, -0.1) is 0 Å². The number of fused-ring (bicyclic) bond motifs is 2. The van der Waals surface area contributed by atoms with Gasteiger partial charge < -0.3 is 29.2 Å². The standard InChI is InChI=1S/C33H50O7/c1-19(2)29-22(5)12-13-32(40-29)17-26-16-25(39-32)11-10-21(4)14-20(3)8-7-9-24-18-37-30-28(34)23(6)15-27(31(35)38-26)33(24,30)36/h7-10,19-20,22-23,25-30,34,36H,11-18H2,1-6H3/b8-7+,21-10+,24-9+/t20-,22-,23-,25+,26-,27-,28-,29+,30+,32?,33+/m0/s1. The smallest absolute Gasteiger partial charge is 0.312 e. The first-order chi connectivity index (χ1) is 18.9. The van der Waals surface area contributed by atoms with Crippen LogP contribution in [0.2, 0.25) is 0 Å². The van der Waals surface area contributed by atoms with Crippen molar-refractivity contribution in [2.75, 3.05) is 6.61 Å². The second-order valence-electron chi connectivity index (χ2n) is 13.8. The van der Waals surface area contributed by atoms with Gasteiger partial charge >= 0.3 is 5.97 Å². The van der Waals surface area contributed by atoms with Gasteiger partial charge in [-0.2, -0.15) is 0 Å². The molecule has 2 bridgehead atoms. The molecule has 7 heteroatoms. The molecule has 4 aliphatic heterocycles. The summed E-state index contributed by atoms with van der Waals surface area (Å²) in [4.78, 5) is 14.0. The molecule has 11 atom stereocenters. The van der Waals surface area contributed by atoms with Gasteiger partial charge in [0.2, 0.25) is 0 Å². The van der Waals surface area contributed by atoms with E-state index >= 15 is 0 Å². The van der Waals surface area contributed by atoms with Crippen molar-refractivity contribution in [2.24, 2.45) is 29.6 Å². The average molecular weight is 559 g/mol. The van der Waals surface area contributed by atoms with Gasteiger partial charge in [-0.25, -0.2) is 0 Å². The lowest BCUT2D eigenvalue weighted by molar-refractivity contribution is -0.340. The Kier molecular flexibility index (Phi) is 8.72. The highest BCUT2D eigenvalue weighted by molar-refractivity contribution is 5.76. The number of rotatable bonds is 1. The molecule has 4 heterocycles. The third kappa shape index (κ3) is 5.74. The number of ether oxygens (including phenoxy) is 4. The van der Waals surface area contributed by atoms with Crippen molar-refractivity contribution in [3.63, 3.8) is 0 Å². The number of carbonyl (C=O) groups is 1. The quantitative estimate of drug-likeness (QED) is 0.335. The highest BCUT2D eigenvalue weighted by Gasteiger charge is 2.62. The molecule has 5 aliphatic rings. The lowest BCUT2D eigenvalue weighted by Gasteiger charge is -2.51. The molecule has 0 aromatic carbocycles. The highest BCUT2D eigenvalue weighted by Crippen LogP contribution is 2.49. The van der Waals surface area contributed by atoms with E-state index < -0.39 is 35.5 Å². The molecule has 40 heavy (non-hydrogen) atoms. The second-order valence-corrected chi connectivity index (χ2v) is 13.8. The van der Waals surface area contributed by atoms with Crippen LogP contribution in [0, 0.1) is 29.6 Å². The van der Waals surface area contributed by atoms with Crippen LogP contribution in [0.15, 0.2) is 35.5 Å². The van der Waals surface area contributed by atoms with Gasteiger partial charge in [0.1, 0.15) is 17.8 Å². The zero-order valence-electron chi connectivity index (χ0n) is 25.2. The number of aliphatic hydroxyl groups excluding tert-OH is 1. The Labute approximate surface area is 240 Å². The van der Waals surface area contributed by atoms with E-state index in [-0.39, 0.29) is 30.8 Å². The van der Waals surface area contributed by atoms with Crippen molar-refractivity contribution in [1.29, 1.82) is 0 Å². The Morgan fingerprint density at radius 1 is 1.07 bits per heavy atom. The molecule has 1 spiro atoms. The average Bonchev–Trinajstić information content (AvgIpc) is 3.23. The van der Waals surface area contributed by atoms with Gasteiger partial charge in [0.05, 0.1) is 30.8 Å². The Hall–Kier alpha value is -1.51. The van der Waals surface area contributed by atoms with E-state index in [1.54, 1.807) is 0 Å². The zero-order valence-corrected chi connectivity index (χ0v) is 25.2. The summed E-state index contributed by atoms with van der Waals surface area (Å²) >= 11 is 0. The summed E-state index contributed by atoms with van der Waals surface area (Å²) in [5.74, 6) is -1.15. The molecule has 1 saturated carbocycles. The van der Waals surface area contributed by atoms with Crippen molar-refractivity contribution in [3.05, 3.63) is 35.5 Å². The summed E-state index contributed by atoms with van der Waals surface area (Å²) in [7, 11) is 0. The predicted molar refractivity (Wildman–Crippen MR) is 152 cm³/mol. The maximum atomic E-state index is 14.0. The summed E-state index contributed by atoms with van der Waals surface area (Å²) in [6.45, 7) is 13.0. The Balaban J connectivity index is 1.49. The van der Waals surface area contributed by atoms with Gasteiger partial charge in [-0.05, 0) is 61.9 Å². The van der Waals surface area contributed by atoms with Gasteiger partial charge in [0, 0.05) is 19.3 Å². The monoisotopic (exact) mass is 558 g/mol. The van der Waals surface area contributed by atoms with Crippen LogP contribution >= 0.6 is 0 Å². The van der Waals surface area contributed by atoms with Crippen LogP contribution in [-0.4, -0.2) is 64.7 Å². The lowest BCUT2D eigenvalue weighted by atomic mass is 9.66. The first-order valence-corrected chi connectivity index (χ1v) is 15.5. The predicted octanol–water partition coefficient (Wildman–Crippen LogP) is 5.25. The minimum Gasteiger partial charge on any atom is -0.462 e. The Bertz CT molecular complexity index is 1030. The molecule has 2 N–H and O–H groups in total. The van der Waals surface area contributed by atoms with E-state index in [4.69, 9.17) is 18.9 Å². The van der Waals surface area contributed by atoms with Crippen LogP contribution in [0.4, 0.5) is 0 Å². The number of esters is 1. The minimum atomic E-state index is -1.61. The van der Waals surface area contributed by atoms with Gasteiger partial charge in [-0.1, -0.05) is 64.5 Å². The minimum absolute atomic E-state index is 0.0807. The normalized spacial score (nSPS) is 49.9. The molecule has 5 rings (SSSR count). The summed E-state index contributed by atoms with van der Waals surface area (Å²) in [6.07, 6.45) is 10.9. The summed E-state index contributed by atoms with van der Waals surface area (Å²) in [6, 6.07) is 0. The number of hydrogen-bond acceptors (Lipinski definition) is 7. The van der Waals surface area contributed by atoms with Gasteiger partial charge in [0.25, 0.3) is 0 Å². The number of carbonyl (C=O) groups excluding carboxylic acids is 1. The molecular formula is C33H50O7. The molecule has 0 amide bonds.